The average molecular weight is 185 g/mol. The maximum atomic E-state index is 11.7. The van der Waals surface area contributed by atoms with E-state index in [9.17, 15) is 4.79 Å². The van der Waals surface area contributed by atoms with Gasteiger partial charge in [0, 0.05) is 19.1 Å². The minimum Gasteiger partial charge on any atom is -0.341 e. The summed E-state index contributed by atoms with van der Waals surface area (Å²) in [4.78, 5) is 13.5. The predicted molar refractivity (Wildman–Crippen MR) is 52.1 cm³/mol. The molecular formula is C9H19N3O. The average Bonchev–Trinajstić information content (AvgIpc) is 2.03. The molecule has 4 heteroatoms. The Hall–Kier alpha value is -0.610. The second-order valence-electron chi connectivity index (χ2n) is 4.35. The third kappa shape index (κ3) is 2.67. The van der Waals surface area contributed by atoms with Crippen molar-refractivity contribution in [3.8, 4) is 0 Å². The Kier molecular flexibility index (Phi) is 2.93. The molecule has 1 rings (SSSR count). The Morgan fingerprint density at radius 3 is 2.23 bits per heavy atom. The van der Waals surface area contributed by atoms with E-state index in [1.807, 2.05) is 4.90 Å². The van der Waals surface area contributed by atoms with Gasteiger partial charge < -0.3 is 16.4 Å². The summed E-state index contributed by atoms with van der Waals surface area (Å²) < 4.78 is 0. The lowest BCUT2D eigenvalue weighted by atomic mass is 10.0. The molecule has 4 N–H and O–H groups in total. The number of hydrogen-bond donors (Lipinski definition) is 2. The Morgan fingerprint density at radius 1 is 1.38 bits per heavy atom. The van der Waals surface area contributed by atoms with Crippen LogP contribution < -0.4 is 11.5 Å². The molecule has 1 saturated heterocycles. The van der Waals surface area contributed by atoms with E-state index in [1.54, 1.807) is 13.8 Å². The fourth-order valence-electron chi connectivity index (χ4n) is 1.51. The van der Waals surface area contributed by atoms with Gasteiger partial charge in [-0.25, -0.2) is 0 Å². The molecule has 4 nitrogen and oxygen atoms in total. The van der Waals surface area contributed by atoms with Gasteiger partial charge in [0.25, 0.3) is 0 Å². The zero-order chi connectivity index (χ0) is 10.1. The van der Waals surface area contributed by atoms with E-state index < -0.39 is 5.54 Å². The highest BCUT2D eigenvalue weighted by Crippen LogP contribution is 2.12. The van der Waals surface area contributed by atoms with E-state index in [4.69, 9.17) is 11.5 Å². The highest BCUT2D eigenvalue weighted by atomic mass is 16.2. The third-order valence-electron chi connectivity index (χ3n) is 2.38. The maximum Gasteiger partial charge on any atom is 0.242 e. The topological polar surface area (TPSA) is 72.4 Å². The van der Waals surface area contributed by atoms with E-state index in [-0.39, 0.29) is 11.9 Å². The zero-order valence-corrected chi connectivity index (χ0v) is 8.42. The van der Waals surface area contributed by atoms with Crippen LogP contribution in [-0.4, -0.2) is 35.5 Å². The van der Waals surface area contributed by atoms with Crippen molar-refractivity contribution in [1.29, 1.82) is 0 Å². The Morgan fingerprint density at radius 2 is 1.85 bits per heavy atom. The van der Waals surface area contributed by atoms with Gasteiger partial charge in [0.1, 0.15) is 0 Å². The van der Waals surface area contributed by atoms with Crippen LogP contribution in [0.25, 0.3) is 0 Å². The molecule has 0 saturated carbocycles. The second-order valence-corrected chi connectivity index (χ2v) is 4.35. The molecule has 0 radical (unpaired) electrons. The summed E-state index contributed by atoms with van der Waals surface area (Å²) in [5.74, 6) is 0.0272. The highest BCUT2D eigenvalue weighted by Gasteiger charge is 2.29. The first-order valence-corrected chi connectivity index (χ1v) is 4.75. The molecule has 1 aliphatic rings. The summed E-state index contributed by atoms with van der Waals surface area (Å²) in [6.07, 6.45) is 1.78. The summed E-state index contributed by atoms with van der Waals surface area (Å²) in [5, 5.41) is 0. The van der Waals surface area contributed by atoms with Gasteiger partial charge in [0.2, 0.25) is 5.91 Å². The number of nitrogens with zero attached hydrogens (tertiary/aromatic N) is 1. The lowest BCUT2D eigenvalue weighted by Gasteiger charge is -2.34. The lowest BCUT2D eigenvalue weighted by Crippen LogP contribution is -2.54. The normalized spacial score (nSPS) is 20.5. The van der Waals surface area contributed by atoms with E-state index >= 15 is 0 Å². The number of likely N-dealkylation sites (tertiary alicyclic amines) is 1. The number of hydrogen-bond acceptors (Lipinski definition) is 3. The lowest BCUT2D eigenvalue weighted by molar-refractivity contribution is -0.136. The van der Waals surface area contributed by atoms with Gasteiger partial charge >= 0.3 is 0 Å². The maximum absolute atomic E-state index is 11.7. The highest BCUT2D eigenvalue weighted by molar-refractivity contribution is 5.85. The molecule has 0 aromatic rings. The minimum atomic E-state index is -0.749. The minimum absolute atomic E-state index is 0.0272. The molecule has 1 amide bonds. The molecule has 0 aromatic heterocycles. The summed E-state index contributed by atoms with van der Waals surface area (Å²) in [6.45, 7) is 4.98. The largest absolute Gasteiger partial charge is 0.341 e. The van der Waals surface area contributed by atoms with Crippen molar-refractivity contribution in [2.45, 2.75) is 38.3 Å². The van der Waals surface area contributed by atoms with Crippen LogP contribution in [0.2, 0.25) is 0 Å². The molecule has 1 fully saturated rings. The molecule has 1 heterocycles. The number of carbonyl (C=O) groups excluding carboxylic acids is 1. The number of nitrogens with two attached hydrogens (primary N) is 2. The van der Waals surface area contributed by atoms with Gasteiger partial charge in [-0.2, -0.15) is 0 Å². The van der Waals surface area contributed by atoms with Crippen LogP contribution in [0.5, 0.6) is 0 Å². The monoisotopic (exact) mass is 185 g/mol. The quantitative estimate of drug-likeness (QED) is 0.587. The SMILES string of the molecule is CC(C)(N)C(=O)N1CCC(N)CC1. The molecule has 0 atom stereocenters. The van der Waals surface area contributed by atoms with Crippen molar-refractivity contribution in [3.63, 3.8) is 0 Å². The summed E-state index contributed by atoms with van der Waals surface area (Å²) in [6, 6.07) is 0.255. The summed E-state index contributed by atoms with van der Waals surface area (Å²) in [5.41, 5.74) is 10.7. The number of rotatable bonds is 1. The number of amides is 1. The van der Waals surface area contributed by atoms with Gasteiger partial charge in [0.15, 0.2) is 0 Å². The van der Waals surface area contributed by atoms with Gasteiger partial charge in [-0.05, 0) is 26.7 Å². The van der Waals surface area contributed by atoms with Crippen molar-refractivity contribution >= 4 is 5.91 Å². The van der Waals surface area contributed by atoms with Crippen molar-refractivity contribution in [1.82, 2.24) is 4.90 Å². The molecular weight excluding hydrogens is 166 g/mol. The first kappa shape index (κ1) is 10.5. The van der Waals surface area contributed by atoms with E-state index in [0.717, 1.165) is 25.9 Å². The van der Waals surface area contributed by atoms with E-state index in [2.05, 4.69) is 0 Å². The van der Waals surface area contributed by atoms with Crippen molar-refractivity contribution in [2.24, 2.45) is 11.5 Å². The van der Waals surface area contributed by atoms with Crippen molar-refractivity contribution < 1.29 is 4.79 Å². The molecule has 0 unspecified atom stereocenters. The fraction of sp³-hybridized carbons (Fsp3) is 0.889. The van der Waals surface area contributed by atoms with Crippen LogP contribution in [0.3, 0.4) is 0 Å². The molecule has 1 aliphatic heterocycles. The molecule has 76 valence electrons. The Bertz CT molecular complexity index is 190. The molecule has 0 aliphatic carbocycles. The fourth-order valence-corrected chi connectivity index (χ4v) is 1.51. The summed E-state index contributed by atoms with van der Waals surface area (Å²) in [7, 11) is 0. The Labute approximate surface area is 79.3 Å². The standard InChI is InChI=1S/C9H19N3O/c1-9(2,11)8(13)12-5-3-7(10)4-6-12/h7H,3-6,10-11H2,1-2H3. The van der Waals surface area contributed by atoms with Gasteiger partial charge in [0.05, 0.1) is 5.54 Å². The van der Waals surface area contributed by atoms with Crippen LogP contribution >= 0.6 is 0 Å². The molecule has 0 spiro atoms. The number of carbonyl (C=O) groups is 1. The van der Waals surface area contributed by atoms with E-state index in [0.29, 0.717) is 0 Å². The van der Waals surface area contributed by atoms with Gasteiger partial charge in [-0.3, -0.25) is 4.79 Å². The second kappa shape index (κ2) is 3.64. The predicted octanol–water partition coefficient (Wildman–Crippen LogP) is -0.327. The van der Waals surface area contributed by atoms with Crippen molar-refractivity contribution in [2.75, 3.05) is 13.1 Å². The van der Waals surface area contributed by atoms with Crippen LogP contribution in [0.1, 0.15) is 26.7 Å². The zero-order valence-electron chi connectivity index (χ0n) is 8.42. The third-order valence-corrected chi connectivity index (χ3v) is 2.38. The summed E-state index contributed by atoms with van der Waals surface area (Å²) >= 11 is 0. The van der Waals surface area contributed by atoms with Gasteiger partial charge in [-0.15, -0.1) is 0 Å². The Balaban J connectivity index is 2.50. The van der Waals surface area contributed by atoms with Crippen molar-refractivity contribution in [3.05, 3.63) is 0 Å². The van der Waals surface area contributed by atoms with Crippen LogP contribution in [0.4, 0.5) is 0 Å². The molecule has 0 aromatic carbocycles. The first-order valence-electron chi connectivity index (χ1n) is 4.75. The number of piperidine rings is 1. The first-order chi connectivity index (χ1) is 5.91. The van der Waals surface area contributed by atoms with E-state index in [1.165, 1.54) is 0 Å². The van der Waals surface area contributed by atoms with Gasteiger partial charge in [-0.1, -0.05) is 0 Å². The van der Waals surface area contributed by atoms with Crippen LogP contribution in [-0.2, 0) is 4.79 Å². The van der Waals surface area contributed by atoms with Crippen LogP contribution in [0, 0.1) is 0 Å². The van der Waals surface area contributed by atoms with Crippen LogP contribution in [0.15, 0.2) is 0 Å². The molecule has 13 heavy (non-hydrogen) atoms. The molecule has 0 bridgehead atoms. The smallest absolute Gasteiger partial charge is 0.242 e.